The highest BCUT2D eigenvalue weighted by atomic mass is 16.5. The molecular formula is C19H21N5O3. The minimum Gasteiger partial charge on any atom is -0.475 e. The van der Waals surface area contributed by atoms with Gasteiger partial charge in [-0.1, -0.05) is 6.92 Å². The van der Waals surface area contributed by atoms with Crippen molar-refractivity contribution in [2.45, 2.75) is 19.8 Å². The molecule has 3 heterocycles. The second kappa shape index (κ2) is 6.86. The SMILES string of the molecule is CCCN1CCc2cc(N3CCOc4ncnc(N)c4C3=O)ccc2C1=O. The number of rotatable bonds is 3. The van der Waals surface area contributed by atoms with Gasteiger partial charge in [0.15, 0.2) is 0 Å². The molecule has 0 spiro atoms. The highest BCUT2D eigenvalue weighted by Crippen LogP contribution is 2.30. The number of nitrogens with zero attached hydrogens (tertiary/aromatic N) is 4. The van der Waals surface area contributed by atoms with Gasteiger partial charge in [-0.3, -0.25) is 9.59 Å². The van der Waals surface area contributed by atoms with E-state index in [1.54, 1.807) is 17.0 Å². The lowest BCUT2D eigenvalue weighted by Crippen LogP contribution is -2.38. The molecule has 1 aromatic heterocycles. The predicted octanol–water partition coefficient (Wildman–Crippen LogP) is 1.51. The fraction of sp³-hybridized carbons (Fsp3) is 0.368. The van der Waals surface area contributed by atoms with Crippen LogP contribution in [0.1, 0.15) is 39.6 Å². The molecular weight excluding hydrogens is 346 g/mol. The molecule has 0 aliphatic carbocycles. The Labute approximate surface area is 156 Å². The van der Waals surface area contributed by atoms with Crippen LogP contribution in [0, 0.1) is 0 Å². The van der Waals surface area contributed by atoms with E-state index in [4.69, 9.17) is 10.5 Å². The van der Waals surface area contributed by atoms with E-state index in [1.807, 2.05) is 11.0 Å². The fourth-order valence-electron chi connectivity index (χ4n) is 3.58. The summed E-state index contributed by atoms with van der Waals surface area (Å²) in [5.41, 5.74) is 8.45. The Morgan fingerprint density at radius 2 is 2.04 bits per heavy atom. The summed E-state index contributed by atoms with van der Waals surface area (Å²) in [6, 6.07) is 5.52. The predicted molar refractivity (Wildman–Crippen MR) is 100.0 cm³/mol. The molecule has 0 atom stereocenters. The van der Waals surface area contributed by atoms with Crippen LogP contribution >= 0.6 is 0 Å². The summed E-state index contributed by atoms with van der Waals surface area (Å²) < 4.78 is 5.57. The lowest BCUT2D eigenvalue weighted by molar-refractivity contribution is 0.0740. The number of ether oxygens (including phenoxy) is 1. The highest BCUT2D eigenvalue weighted by molar-refractivity contribution is 6.11. The average molecular weight is 367 g/mol. The summed E-state index contributed by atoms with van der Waals surface area (Å²) >= 11 is 0. The van der Waals surface area contributed by atoms with Crippen LogP contribution in [-0.4, -0.2) is 52.9 Å². The normalized spacial score (nSPS) is 16.5. The third-order valence-electron chi connectivity index (χ3n) is 4.92. The van der Waals surface area contributed by atoms with Crippen molar-refractivity contribution < 1.29 is 14.3 Å². The molecule has 2 aromatic rings. The molecule has 1 aromatic carbocycles. The molecule has 2 N–H and O–H groups in total. The summed E-state index contributed by atoms with van der Waals surface area (Å²) in [5, 5.41) is 0. The van der Waals surface area contributed by atoms with Crippen molar-refractivity contribution >= 4 is 23.3 Å². The number of anilines is 2. The molecule has 2 aliphatic rings. The lowest BCUT2D eigenvalue weighted by Gasteiger charge is -2.29. The average Bonchev–Trinajstić information content (AvgIpc) is 2.84. The van der Waals surface area contributed by atoms with Crippen molar-refractivity contribution in [2.24, 2.45) is 0 Å². The Morgan fingerprint density at radius 1 is 1.19 bits per heavy atom. The number of hydrogen-bond donors (Lipinski definition) is 1. The van der Waals surface area contributed by atoms with Crippen LogP contribution in [0.3, 0.4) is 0 Å². The van der Waals surface area contributed by atoms with Crippen LogP contribution in [0.5, 0.6) is 5.88 Å². The minimum atomic E-state index is -0.296. The van der Waals surface area contributed by atoms with Gasteiger partial charge in [-0.2, -0.15) is 0 Å². The van der Waals surface area contributed by atoms with Crippen LogP contribution in [-0.2, 0) is 6.42 Å². The maximum absolute atomic E-state index is 13.0. The number of hydrogen-bond acceptors (Lipinski definition) is 6. The Hall–Kier alpha value is -3.16. The van der Waals surface area contributed by atoms with Gasteiger partial charge in [0.25, 0.3) is 11.8 Å². The smallest absolute Gasteiger partial charge is 0.267 e. The zero-order chi connectivity index (χ0) is 19.0. The van der Waals surface area contributed by atoms with Crippen molar-refractivity contribution in [3.8, 4) is 5.88 Å². The van der Waals surface area contributed by atoms with E-state index in [1.165, 1.54) is 6.33 Å². The summed E-state index contributed by atoms with van der Waals surface area (Å²) in [7, 11) is 0. The van der Waals surface area contributed by atoms with E-state index in [2.05, 4.69) is 16.9 Å². The molecule has 4 rings (SSSR count). The van der Waals surface area contributed by atoms with Crippen LogP contribution in [0.25, 0.3) is 0 Å². The van der Waals surface area contributed by atoms with Gasteiger partial charge in [-0.15, -0.1) is 0 Å². The Balaban J connectivity index is 1.68. The van der Waals surface area contributed by atoms with Crippen molar-refractivity contribution in [1.82, 2.24) is 14.9 Å². The Kier molecular flexibility index (Phi) is 4.39. The zero-order valence-electron chi connectivity index (χ0n) is 15.1. The maximum Gasteiger partial charge on any atom is 0.267 e. The van der Waals surface area contributed by atoms with E-state index in [9.17, 15) is 9.59 Å². The van der Waals surface area contributed by atoms with Crippen molar-refractivity contribution in [1.29, 1.82) is 0 Å². The van der Waals surface area contributed by atoms with Crippen molar-refractivity contribution in [3.63, 3.8) is 0 Å². The third-order valence-corrected chi connectivity index (χ3v) is 4.92. The molecule has 8 nitrogen and oxygen atoms in total. The first kappa shape index (κ1) is 17.3. The second-order valence-corrected chi connectivity index (χ2v) is 6.63. The van der Waals surface area contributed by atoms with E-state index in [-0.39, 0.29) is 29.1 Å². The largest absolute Gasteiger partial charge is 0.475 e. The van der Waals surface area contributed by atoms with Gasteiger partial charge in [0.05, 0.1) is 6.54 Å². The van der Waals surface area contributed by atoms with E-state index < -0.39 is 0 Å². The fourth-order valence-corrected chi connectivity index (χ4v) is 3.58. The maximum atomic E-state index is 13.0. The quantitative estimate of drug-likeness (QED) is 0.882. The first-order valence-electron chi connectivity index (χ1n) is 9.07. The molecule has 27 heavy (non-hydrogen) atoms. The van der Waals surface area contributed by atoms with Crippen LogP contribution in [0.2, 0.25) is 0 Å². The molecule has 2 amide bonds. The molecule has 140 valence electrons. The first-order chi connectivity index (χ1) is 13.1. The number of aromatic nitrogens is 2. The number of fused-ring (bicyclic) bond motifs is 2. The summed E-state index contributed by atoms with van der Waals surface area (Å²) in [4.78, 5) is 37.1. The topological polar surface area (TPSA) is 102 Å². The molecule has 2 aliphatic heterocycles. The molecule has 0 fully saturated rings. The second-order valence-electron chi connectivity index (χ2n) is 6.63. The number of carbonyl (C=O) groups excluding carboxylic acids is 2. The molecule has 0 radical (unpaired) electrons. The third kappa shape index (κ3) is 2.97. The van der Waals surface area contributed by atoms with E-state index >= 15 is 0 Å². The molecule has 0 bridgehead atoms. The Morgan fingerprint density at radius 3 is 2.85 bits per heavy atom. The molecule has 0 unspecified atom stereocenters. The Bertz CT molecular complexity index is 914. The van der Waals surface area contributed by atoms with Gasteiger partial charge in [-0.05, 0) is 36.6 Å². The monoisotopic (exact) mass is 367 g/mol. The van der Waals surface area contributed by atoms with Gasteiger partial charge in [-0.25, -0.2) is 9.97 Å². The first-order valence-corrected chi connectivity index (χ1v) is 9.07. The molecule has 0 saturated heterocycles. The molecule has 8 heteroatoms. The van der Waals surface area contributed by atoms with Gasteiger partial charge in [0.1, 0.15) is 24.3 Å². The summed E-state index contributed by atoms with van der Waals surface area (Å²) in [6.07, 6.45) is 2.99. The number of carbonyl (C=O) groups is 2. The van der Waals surface area contributed by atoms with Crippen molar-refractivity contribution in [3.05, 3.63) is 41.2 Å². The van der Waals surface area contributed by atoms with E-state index in [0.29, 0.717) is 25.3 Å². The zero-order valence-corrected chi connectivity index (χ0v) is 15.1. The number of benzene rings is 1. The van der Waals surface area contributed by atoms with Crippen molar-refractivity contribution in [2.75, 3.05) is 36.9 Å². The van der Waals surface area contributed by atoms with Crippen LogP contribution < -0.4 is 15.4 Å². The minimum absolute atomic E-state index is 0.0539. The van der Waals surface area contributed by atoms with Gasteiger partial charge < -0.3 is 20.3 Å². The summed E-state index contributed by atoms with van der Waals surface area (Å²) in [5.74, 6) is 0.0621. The standard InChI is InChI=1S/C19H21N5O3/c1-2-6-23-7-5-12-10-13(3-4-14(12)18(23)25)24-8-9-27-17-15(19(24)26)16(20)21-11-22-17/h3-4,10-11H,2,5-9H2,1H3,(H2,20,21,22). The van der Waals surface area contributed by atoms with Crippen LogP contribution in [0.15, 0.2) is 24.5 Å². The van der Waals surface area contributed by atoms with E-state index in [0.717, 1.165) is 30.6 Å². The number of amides is 2. The summed E-state index contributed by atoms with van der Waals surface area (Å²) in [6.45, 7) is 4.19. The lowest BCUT2D eigenvalue weighted by atomic mass is 9.97. The highest BCUT2D eigenvalue weighted by Gasteiger charge is 2.30. The van der Waals surface area contributed by atoms with Crippen LogP contribution in [0.4, 0.5) is 11.5 Å². The van der Waals surface area contributed by atoms with Gasteiger partial charge in [0, 0.05) is 24.3 Å². The van der Waals surface area contributed by atoms with Gasteiger partial charge >= 0.3 is 0 Å². The molecule has 0 saturated carbocycles. The number of nitrogen functional groups attached to an aromatic ring is 1. The number of nitrogens with two attached hydrogens (primary N) is 1. The van der Waals surface area contributed by atoms with Gasteiger partial charge in [0.2, 0.25) is 5.88 Å².